The van der Waals surface area contributed by atoms with Gasteiger partial charge in [0.2, 0.25) is 0 Å². The van der Waals surface area contributed by atoms with E-state index in [1.807, 2.05) is 13.0 Å². The van der Waals surface area contributed by atoms with E-state index in [4.69, 9.17) is 4.98 Å². The number of thiophene rings is 1. The van der Waals surface area contributed by atoms with Crippen LogP contribution in [0.2, 0.25) is 0 Å². The van der Waals surface area contributed by atoms with Gasteiger partial charge in [0.1, 0.15) is 4.88 Å². The van der Waals surface area contributed by atoms with Gasteiger partial charge in [-0.05, 0) is 74.1 Å². The molecule has 0 spiro atoms. The van der Waals surface area contributed by atoms with Crippen molar-refractivity contribution >= 4 is 38.4 Å². The van der Waals surface area contributed by atoms with Crippen molar-refractivity contribution in [2.24, 2.45) is 0 Å². The monoisotopic (exact) mass is 520 g/mol. The zero-order valence-corrected chi connectivity index (χ0v) is 22.8. The Bertz CT molecular complexity index is 1700. The molecule has 5 aromatic rings. The van der Waals surface area contributed by atoms with Crippen molar-refractivity contribution in [2.45, 2.75) is 58.4 Å². The van der Waals surface area contributed by atoms with Gasteiger partial charge >= 0.3 is 5.97 Å². The van der Waals surface area contributed by atoms with Gasteiger partial charge in [0, 0.05) is 17.5 Å². The zero-order valence-electron chi connectivity index (χ0n) is 22.0. The van der Waals surface area contributed by atoms with Gasteiger partial charge in [-0.3, -0.25) is 0 Å². The van der Waals surface area contributed by atoms with E-state index in [1.165, 1.54) is 47.4 Å². The van der Waals surface area contributed by atoms with E-state index in [0.29, 0.717) is 17.3 Å². The number of hydrogen-bond donors (Lipinski definition) is 1. The largest absolute Gasteiger partial charge is 0.477 e. The molecule has 0 radical (unpaired) electrons. The quantitative estimate of drug-likeness (QED) is 0.227. The Kier molecular flexibility index (Phi) is 6.40. The number of carboxylic acid groups (broad SMARTS) is 1. The van der Waals surface area contributed by atoms with E-state index >= 15 is 0 Å². The van der Waals surface area contributed by atoms with Crippen LogP contribution in [0.15, 0.2) is 72.8 Å². The second-order valence-electron chi connectivity index (χ2n) is 10.7. The lowest BCUT2D eigenvalue weighted by atomic mass is 9.83. The second kappa shape index (κ2) is 9.88. The topological polar surface area (TPSA) is 55.1 Å². The highest BCUT2D eigenvalue weighted by atomic mass is 32.1. The molecule has 4 nitrogen and oxygen atoms in total. The molecule has 0 aliphatic heterocycles. The number of nitrogens with zero attached hydrogens (tertiary/aromatic N) is 2. The molecule has 192 valence electrons. The lowest BCUT2D eigenvalue weighted by Gasteiger charge is -2.24. The molecule has 2 aromatic carbocycles. The Balaban J connectivity index is 1.54. The molecule has 1 N–H and O–H groups in total. The van der Waals surface area contributed by atoms with Crippen LogP contribution in [0.3, 0.4) is 0 Å². The number of aryl methyl sites for hydroxylation is 1. The molecular formula is C33H32N2O2S. The highest BCUT2D eigenvalue weighted by molar-refractivity contribution is 7.21. The van der Waals surface area contributed by atoms with Gasteiger partial charge in [-0.15, -0.1) is 11.3 Å². The van der Waals surface area contributed by atoms with Crippen molar-refractivity contribution in [3.8, 4) is 22.5 Å². The summed E-state index contributed by atoms with van der Waals surface area (Å²) in [7, 11) is 0. The van der Waals surface area contributed by atoms with Gasteiger partial charge < -0.3 is 9.67 Å². The number of hydrogen-bond acceptors (Lipinski definition) is 3. The van der Waals surface area contributed by atoms with Gasteiger partial charge in [0.15, 0.2) is 0 Å². The second-order valence-corrected chi connectivity index (χ2v) is 11.8. The van der Waals surface area contributed by atoms with Crippen LogP contribution in [0.5, 0.6) is 0 Å². The van der Waals surface area contributed by atoms with Gasteiger partial charge in [0.25, 0.3) is 0 Å². The molecule has 0 amide bonds. The fraction of sp³-hybridized carbons (Fsp3) is 0.273. The van der Waals surface area contributed by atoms with E-state index in [-0.39, 0.29) is 0 Å². The minimum absolute atomic E-state index is 0.403. The van der Waals surface area contributed by atoms with Gasteiger partial charge in [0.05, 0.1) is 27.1 Å². The molecule has 6 rings (SSSR count). The molecule has 5 heteroatoms. The molecule has 0 bridgehead atoms. The van der Waals surface area contributed by atoms with Crippen LogP contribution in [0.1, 0.15) is 65.7 Å². The summed E-state index contributed by atoms with van der Waals surface area (Å²) in [6.45, 7) is 9.01. The number of carboxylic acids is 1. The van der Waals surface area contributed by atoms with Crippen molar-refractivity contribution in [2.75, 3.05) is 0 Å². The van der Waals surface area contributed by atoms with Crippen LogP contribution in [0, 0.1) is 6.92 Å². The molecule has 0 atom stereocenters. The summed E-state index contributed by atoms with van der Waals surface area (Å²) in [6.07, 6.45) is 6.01. The van der Waals surface area contributed by atoms with Gasteiger partial charge in [-0.1, -0.05) is 67.3 Å². The van der Waals surface area contributed by atoms with Crippen molar-refractivity contribution in [3.63, 3.8) is 0 Å². The summed E-state index contributed by atoms with van der Waals surface area (Å²) < 4.78 is 3.43. The Morgan fingerprint density at radius 1 is 1.05 bits per heavy atom. The first-order valence-electron chi connectivity index (χ1n) is 13.4. The molecule has 38 heavy (non-hydrogen) atoms. The molecule has 1 aliphatic carbocycles. The predicted molar refractivity (Wildman–Crippen MR) is 158 cm³/mol. The molecular weight excluding hydrogens is 488 g/mol. The van der Waals surface area contributed by atoms with Crippen molar-refractivity contribution < 1.29 is 9.90 Å². The fourth-order valence-electron chi connectivity index (χ4n) is 6.01. The van der Waals surface area contributed by atoms with Crippen molar-refractivity contribution in [1.82, 2.24) is 9.55 Å². The lowest BCUT2D eigenvalue weighted by molar-refractivity contribution is 0.0702. The zero-order chi connectivity index (χ0) is 26.4. The van der Waals surface area contributed by atoms with Crippen LogP contribution in [-0.4, -0.2) is 20.6 Å². The molecule has 1 saturated carbocycles. The molecule has 1 fully saturated rings. The van der Waals surface area contributed by atoms with Crippen molar-refractivity contribution in [3.05, 3.63) is 88.8 Å². The Morgan fingerprint density at radius 2 is 1.87 bits per heavy atom. The van der Waals surface area contributed by atoms with Gasteiger partial charge in [-0.25, -0.2) is 9.78 Å². The average Bonchev–Trinajstić information content (AvgIpc) is 3.47. The van der Waals surface area contributed by atoms with Crippen LogP contribution in [-0.2, 0) is 6.54 Å². The summed E-state index contributed by atoms with van der Waals surface area (Å²) >= 11 is 1.42. The van der Waals surface area contributed by atoms with Gasteiger partial charge in [-0.2, -0.15) is 0 Å². The van der Waals surface area contributed by atoms with E-state index in [0.717, 1.165) is 56.4 Å². The number of rotatable bonds is 6. The number of fused-ring (bicyclic) bond motifs is 2. The molecule has 3 heterocycles. The predicted octanol–water partition coefficient (Wildman–Crippen LogP) is 9.22. The van der Waals surface area contributed by atoms with E-state index in [2.05, 4.69) is 72.7 Å². The first-order chi connectivity index (χ1) is 18.4. The third-order valence-electron chi connectivity index (χ3n) is 7.70. The fourth-order valence-corrected chi connectivity index (χ4v) is 7.13. The summed E-state index contributed by atoms with van der Waals surface area (Å²) in [5.74, 6) is -0.421. The Hall–Kier alpha value is -3.70. The van der Waals surface area contributed by atoms with Crippen LogP contribution >= 0.6 is 11.3 Å². The van der Waals surface area contributed by atoms with E-state index < -0.39 is 5.97 Å². The summed E-state index contributed by atoms with van der Waals surface area (Å²) in [6, 6.07) is 21.1. The van der Waals surface area contributed by atoms with E-state index in [1.54, 1.807) is 0 Å². The normalized spacial score (nSPS) is 14.4. The SMILES string of the molecule is C=C(C)Cn1c(-c2ccc3nc(-c4cccc(C)c4)ccc3c2)c(C2CCCCC2)c2sc(C(=O)O)cc21. The number of aromatic carboxylic acids is 1. The third-order valence-corrected chi connectivity index (χ3v) is 8.85. The summed E-state index contributed by atoms with van der Waals surface area (Å²) in [5, 5.41) is 10.9. The van der Waals surface area contributed by atoms with Crippen LogP contribution in [0.4, 0.5) is 0 Å². The third kappa shape index (κ3) is 4.45. The maximum atomic E-state index is 11.9. The number of benzene rings is 2. The van der Waals surface area contributed by atoms with Crippen LogP contribution in [0.25, 0.3) is 43.6 Å². The summed E-state index contributed by atoms with van der Waals surface area (Å²) in [5.41, 5.74) is 10.0. The average molecular weight is 521 g/mol. The first-order valence-corrected chi connectivity index (χ1v) is 14.2. The number of aromatic nitrogens is 2. The molecule has 0 unspecified atom stereocenters. The van der Waals surface area contributed by atoms with Crippen molar-refractivity contribution in [1.29, 1.82) is 0 Å². The Labute approximate surface area is 227 Å². The number of carbonyl (C=O) groups is 1. The number of allylic oxidation sites excluding steroid dienone is 1. The Morgan fingerprint density at radius 3 is 2.61 bits per heavy atom. The minimum Gasteiger partial charge on any atom is -0.477 e. The smallest absolute Gasteiger partial charge is 0.345 e. The maximum absolute atomic E-state index is 11.9. The highest BCUT2D eigenvalue weighted by Gasteiger charge is 2.29. The minimum atomic E-state index is -0.856. The standard InChI is InChI=1S/C33H32N2O2S/c1-20(2)19-35-28-18-29(33(36)37)38-32(28)30(22-9-5-4-6-10-22)31(35)25-13-15-27-24(17-25)12-14-26(34-27)23-11-7-8-21(3)16-23/h7-8,11-18,22H,1,4-6,9-10,19H2,2-3H3,(H,36,37). The number of pyridine rings is 1. The lowest BCUT2D eigenvalue weighted by Crippen LogP contribution is -2.08. The maximum Gasteiger partial charge on any atom is 0.345 e. The molecule has 3 aromatic heterocycles. The highest BCUT2D eigenvalue weighted by Crippen LogP contribution is 2.47. The first kappa shape index (κ1) is 24.6. The molecule has 0 saturated heterocycles. The molecule has 1 aliphatic rings. The van der Waals surface area contributed by atoms with E-state index in [9.17, 15) is 9.90 Å². The summed E-state index contributed by atoms with van der Waals surface area (Å²) in [4.78, 5) is 17.3. The van der Waals surface area contributed by atoms with Crippen LogP contribution < -0.4 is 0 Å².